The molecule has 0 aliphatic heterocycles. The Morgan fingerprint density at radius 1 is 1.03 bits per heavy atom. The van der Waals surface area contributed by atoms with E-state index < -0.39 is 5.97 Å². The van der Waals surface area contributed by atoms with E-state index in [-0.39, 0.29) is 11.5 Å². The van der Waals surface area contributed by atoms with Crippen LogP contribution in [0.1, 0.15) is 31.8 Å². The topological polar surface area (TPSA) is 97.2 Å². The van der Waals surface area contributed by atoms with Crippen LogP contribution in [0.3, 0.4) is 0 Å². The standard InChI is InChI=1S/C23H19IN2O5/c1-30-21-12-18(8-11-20(21)24)22(27)26-25-13-15-4-9-19(10-5-15)31-14-16-2-6-17(7-3-16)23(28)29/h2-13H,14H2,1H3,(H,26,27)(H,28,29)/b25-13+. The van der Waals surface area contributed by atoms with Gasteiger partial charge < -0.3 is 14.6 Å². The fraction of sp³-hybridized carbons (Fsp3) is 0.0870. The first-order valence-corrected chi connectivity index (χ1v) is 10.3. The van der Waals surface area contributed by atoms with Crippen LogP contribution in [0.15, 0.2) is 71.8 Å². The molecule has 0 aliphatic rings. The smallest absolute Gasteiger partial charge is 0.335 e. The molecule has 0 saturated heterocycles. The number of carbonyl (C=O) groups is 2. The van der Waals surface area contributed by atoms with Crippen molar-refractivity contribution >= 4 is 40.7 Å². The van der Waals surface area contributed by atoms with Crippen molar-refractivity contribution in [3.63, 3.8) is 0 Å². The number of hydrogen-bond acceptors (Lipinski definition) is 5. The number of rotatable bonds is 8. The molecular weight excluding hydrogens is 511 g/mol. The van der Waals surface area contributed by atoms with E-state index in [0.717, 1.165) is 14.7 Å². The summed E-state index contributed by atoms with van der Waals surface area (Å²) >= 11 is 2.13. The van der Waals surface area contributed by atoms with Crippen LogP contribution in [0.25, 0.3) is 0 Å². The van der Waals surface area contributed by atoms with Crippen molar-refractivity contribution in [3.8, 4) is 11.5 Å². The molecule has 7 nitrogen and oxygen atoms in total. The van der Waals surface area contributed by atoms with Crippen LogP contribution >= 0.6 is 22.6 Å². The third-order valence-corrected chi connectivity index (χ3v) is 5.17. The predicted octanol–water partition coefficient (Wildman–Crippen LogP) is 4.34. The molecule has 0 unspecified atom stereocenters. The van der Waals surface area contributed by atoms with E-state index in [4.69, 9.17) is 14.6 Å². The SMILES string of the molecule is COc1cc(C(=O)N/N=C/c2ccc(OCc3ccc(C(=O)O)cc3)cc2)ccc1I. The molecule has 3 aromatic rings. The second-order valence-corrected chi connectivity index (χ2v) is 7.57. The van der Waals surface area contributed by atoms with E-state index in [1.165, 1.54) is 6.21 Å². The van der Waals surface area contributed by atoms with Crippen LogP contribution in [0.5, 0.6) is 11.5 Å². The average Bonchev–Trinajstić information content (AvgIpc) is 2.79. The first kappa shape index (κ1) is 22.3. The number of amides is 1. The molecule has 0 atom stereocenters. The first-order valence-electron chi connectivity index (χ1n) is 9.18. The summed E-state index contributed by atoms with van der Waals surface area (Å²) < 4.78 is 11.8. The van der Waals surface area contributed by atoms with E-state index in [1.807, 2.05) is 12.1 Å². The van der Waals surface area contributed by atoms with Gasteiger partial charge in [0.25, 0.3) is 5.91 Å². The lowest BCUT2D eigenvalue weighted by Crippen LogP contribution is -2.17. The lowest BCUT2D eigenvalue weighted by molar-refractivity contribution is 0.0696. The molecule has 3 aromatic carbocycles. The van der Waals surface area contributed by atoms with Crippen LogP contribution in [0.4, 0.5) is 0 Å². The van der Waals surface area contributed by atoms with Crippen molar-refractivity contribution in [2.24, 2.45) is 5.10 Å². The normalized spacial score (nSPS) is 10.6. The summed E-state index contributed by atoms with van der Waals surface area (Å²) in [6.07, 6.45) is 1.54. The summed E-state index contributed by atoms with van der Waals surface area (Å²) in [6, 6.07) is 18.9. The van der Waals surface area contributed by atoms with Crippen molar-refractivity contribution in [2.45, 2.75) is 6.61 Å². The van der Waals surface area contributed by atoms with Gasteiger partial charge in [0.15, 0.2) is 0 Å². The van der Waals surface area contributed by atoms with E-state index in [0.29, 0.717) is 23.7 Å². The van der Waals surface area contributed by atoms with Gasteiger partial charge in [-0.2, -0.15) is 5.10 Å². The lowest BCUT2D eigenvalue weighted by atomic mass is 10.1. The Morgan fingerprint density at radius 3 is 2.35 bits per heavy atom. The molecule has 0 saturated carbocycles. The zero-order valence-corrected chi connectivity index (χ0v) is 18.7. The molecule has 0 aromatic heterocycles. The molecule has 8 heteroatoms. The maximum Gasteiger partial charge on any atom is 0.335 e. The molecule has 0 aliphatic carbocycles. The lowest BCUT2D eigenvalue weighted by Gasteiger charge is -2.07. The van der Waals surface area contributed by atoms with E-state index in [2.05, 4.69) is 33.1 Å². The van der Waals surface area contributed by atoms with Crippen LogP contribution in [-0.4, -0.2) is 30.3 Å². The number of nitrogens with zero attached hydrogens (tertiary/aromatic N) is 1. The zero-order valence-electron chi connectivity index (χ0n) is 16.5. The van der Waals surface area contributed by atoms with Gasteiger partial charge in [0, 0.05) is 5.56 Å². The molecule has 31 heavy (non-hydrogen) atoms. The van der Waals surface area contributed by atoms with Crippen LogP contribution < -0.4 is 14.9 Å². The monoisotopic (exact) mass is 530 g/mol. The largest absolute Gasteiger partial charge is 0.496 e. The summed E-state index contributed by atoms with van der Waals surface area (Å²) in [6.45, 7) is 0.322. The number of hydrogen-bond donors (Lipinski definition) is 2. The number of carboxylic acids is 1. The molecule has 0 bridgehead atoms. The molecule has 0 heterocycles. The predicted molar refractivity (Wildman–Crippen MR) is 125 cm³/mol. The summed E-state index contributed by atoms with van der Waals surface area (Å²) in [7, 11) is 1.56. The second-order valence-electron chi connectivity index (χ2n) is 6.41. The van der Waals surface area contributed by atoms with Crippen molar-refractivity contribution in [1.82, 2.24) is 5.43 Å². The molecule has 1 amide bonds. The minimum absolute atomic E-state index is 0.237. The third-order valence-electron chi connectivity index (χ3n) is 4.28. The highest BCUT2D eigenvalue weighted by atomic mass is 127. The number of carbonyl (C=O) groups excluding carboxylic acids is 1. The van der Waals surface area contributed by atoms with E-state index in [9.17, 15) is 9.59 Å². The Kier molecular flexibility index (Phi) is 7.60. The number of ether oxygens (including phenoxy) is 2. The van der Waals surface area contributed by atoms with Crippen LogP contribution in [-0.2, 0) is 6.61 Å². The Morgan fingerprint density at radius 2 is 1.71 bits per heavy atom. The van der Waals surface area contributed by atoms with Gasteiger partial charge in [-0.05, 0) is 88.3 Å². The minimum Gasteiger partial charge on any atom is -0.496 e. The number of halogens is 1. The molecular formula is C23H19IN2O5. The number of methoxy groups -OCH3 is 1. The Balaban J connectivity index is 1.52. The molecule has 2 N–H and O–H groups in total. The Bertz CT molecular complexity index is 1100. The van der Waals surface area contributed by atoms with Crippen molar-refractivity contribution < 1.29 is 24.2 Å². The molecule has 0 radical (unpaired) electrons. The van der Waals surface area contributed by atoms with E-state index in [1.54, 1.807) is 61.7 Å². The van der Waals surface area contributed by atoms with Crippen molar-refractivity contribution in [2.75, 3.05) is 7.11 Å². The summed E-state index contributed by atoms with van der Waals surface area (Å²) in [4.78, 5) is 23.1. The van der Waals surface area contributed by atoms with Gasteiger partial charge in [-0.3, -0.25) is 4.79 Å². The van der Waals surface area contributed by atoms with Gasteiger partial charge in [-0.15, -0.1) is 0 Å². The van der Waals surface area contributed by atoms with Gasteiger partial charge in [0.05, 0.1) is 22.5 Å². The molecule has 158 valence electrons. The zero-order chi connectivity index (χ0) is 22.2. The fourth-order valence-electron chi connectivity index (χ4n) is 2.59. The van der Waals surface area contributed by atoms with E-state index >= 15 is 0 Å². The van der Waals surface area contributed by atoms with Gasteiger partial charge in [-0.1, -0.05) is 12.1 Å². The minimum atomic E-state index is -0.959. The maximum atomic E-state index is 12.2. The highest BCUT2D eigenvalue weighted by molar-refractivity contribution is 14.1. The number of hydrazone groups is 1. The number of benzene rings is 3. The molecule has 3 rings (SSSR count). The highest BCUT2D eigenvalue weighted by Crippen LogP contribution is 2.21. The van der Waals surface area contributed by atoms with Gasteiger partial charge in [0.2, 0.25) is 0 Å². The van der Waals surface area contributed by atoms with Crippen molar-refractivity contribution in [3.05, 3.63) is 92.6 Å². The van der Waals surface area contributed by atoms with Crippen molar-refractivity contribution in [1.29, 1.82) is 0 Å². The molecule has 0 fully saturated rings. The Labute approximate surface area is 192 Å². The van der Waals surface area contributed by atoms with Gasteiger partial charge in [-0.25, -0.2) is 10.2 Å². The van der Waals surface area contributed by atoms with Crippen LogP contribution in [0, 0.1) is 3.57 Å². The summed E-state index contributed by atoms with van der Waals surface area (Å²) in [5.41, 5.74) is 4.84. The average molecular weight is 530 g/mol. The van der Waals surface area contributed by atoms with Gasteiger partial charge in [0.1, 0.15) is 18.1 Å². The number of aromatic carboxylic acids is 1. The molecule has 0 spiro atoms. The second kappa shape index (κ2) is 10.6. The fourth-order valence-corrected chi connectivity index (χ4v) is 3.15. The highest BCUT2D eigenvalue weighted by Gasteiger charge is 2.08. The maximum absolute atomic E-state index is 12.2. The Hall–Kier alpha value is -3.40. The summed E-state index contributed by atoms with van der Waals surface area (Å²) in [5.74, 6) is -0.000809. The summed E-state index contributed by atoms with van der Waals surface area (Å²) in [5, 5.41) is 12.9. The third kappa shape index (κ3) is 6.29. The first-order chi connectivity index (χ1) is 15.0. The van der Waals surface area contributed by atoms with Gasteiger partial charge >= 0.3 is 5.97 Å². The number of nitrogens with one attached hydrogen (secondary N) is 1. The quantitative estimate of drug-likeness (QED) is 0.257. The number of carboxylic acid groups (broad SMARTS) is 1. The van der Waals surface area contributed by atoms with Crippen LogP contribution in [0.2, 0.25) is 0 Å².